The molecule has 0 unspecified atom stereocenters. The summed E-state index contributed by atoms with van der Waals surface area (Å²) in [6, 6.07) is 21.6. The highest BCUT2D eigenvalue weighted by Gasteiger charge is 2.20. The standard InChI is InChI=1S/C20H15NO/c21-19-8-4-3-7-18(19)20(22)14-9-10-17-15(12-14)11-13-5-1-2-6-16(13)17/h1-10,12H,11,21H2. The molecule has 0 radical (unpaired) electrons. The Labute approximate surface area is 129 Å². The average Bonchev–Trinajstić information content (AvgIpc) is 2.92. The van der Waals surface area contributed by atoms with Crippen molar-refractivity contribution in [2.45, 2.75) is 6.42 Å². The number of ketones is 1. The van der Waals surface area contributed by atoms with Crippen LogP contribution in [0.2, 0.25) is 0 Å². The number of benzene rings is 3. The number of anilines is 1. The highest BCUT2D eigenvalue weighted by Crippen LogP contribution is 2.37. The number of carbonyl (C=O) groups is 1. The quantitative estimate of drug-likeness (QED) is 0.445. The van der Waals surface area contributed by atoms with Gasteiger partial charge in [-0.05, 0) is 46.9 Å². The summed E-state index contributed by atoms with van der Waals surface area (Å²) in [7, 11) is 0. The summed E-state index contributed by atoms with van der Waals surface area (Å²) in [5, 5.41) is 0. The van der Waals surface area contributed by atoms with Gasteiger partial charge in [0.2, 0.25) is 0 Å². The minimum atomic E-state index is -0.0168. The van der Waals surface area contributed by atoms with E-state index in [1.54, 1.807) is 12.1 Å². The van der Waals surface area contributed by atoms with Gasteiger partial charge in [0.05, 0.1) is 0 Å². The maximum atomic E-state index is 12.7. The molecule has 22 heavy (non-hydrogen) atoms. The van der Waals surface area contributed by atoms with Crippen molar-refractivity contribution in [3.63, 3.8) is 0 Å². The number of para-hydroxylation sites is 1. The van der Waals surface area contributed by atoms with Gasteiger partial charge in [-0.3, -0.25) is 4.79 Å². The summed E-state index contributed by atoms with van der Waals surface area (Å²) in [5.74, 6) is -0.0168. The Bertz CT molecular complexity index is 896. The van der Waals surface area contributed by atoms with Gasteiger partial charge in [-0.15, -0.1) is 0 Å². The number of fused-ring (bicyclic) bond motifs is 3. The van der Waals surface area contributed by atoms with Crippen LogP contribution in [-0.2, 0) is 6.42 Å². The fraction of sp³-hybridized carbons (Fsp3) is 0.0500. The molecule has 0 aromatic heterocycles. The first kappa shape index (κ1) is 12.8. The van der Waals surface area contributed by atoms with Gasteiger partial charge >= 0.3 is 0 Å². The van der Waals surface area contributed by atoms with E-state index in [2.05, 4.69) is 24.3 Å². The van der Waals surface area contributed by atoms with E-state index in [0.717, 1.165) is 6.42 Å². The van der Waals surface area contributed by atoms with E-state index < -0.39 is 0 Å². The second kappa shape index (κ2) is 4.85. The highest BCUT2D eigenvalue weighted by atomic mass is 16.1. The van der Waals surface area contributed by atoms with Crippen LogP contribution in [0.15, 0.2) is 66.7 Å². The Morgan fingerprint density at radius 3 is 2.41 bits per heavy atom. The van der Waals surface area contributed by atoms with Gasteiger partial charge in [0.15, 0.2) is 5.78 Å². The van der Waals surface area contributed by atoms with Gasteiger partial charge in [-0.2, -0.15) is 0 Å². The second-order valence-corrected chi connectivity index (χ2v) is 5.62. The smallest absolute Gasteiger partial charge is 0.195 e. The third kappa shape index (κ3) is 1.92. The van der Waals surface area contributed by atoms with Gasteiger partial charge in [-0.25, -0.2) is 0 Å². The van der Waals surface area contributed by atoms with Crippen molar-refractivity contribution in [3.8, 4) is 11.1 Å². The van der Waals surface area contributed by atoms with Crippen LogP contribution in [0, 0.1) is 0 Å². The normalized spacial score (nSPS) is 11.8. The fourth-order valence-electron chi connectivity index (χ4n) is 3.15. The van der Waals surface area contributed by atoms with Crippen LogP contribution in [-0.4, -0.2) is 5.78 Å². The Morgan fingerprint density at radius 1 is 0.818 bits per heavy atom. The van der Waals surface area contributed by atoms with Crippen LogP contribution in [0.3, 0.4) is 0 Å². The largest absolute Gasteiger partial charge is 0.398 e. The first-order valence-electron chi connectivity index (χ1n) is 7.34. The van der Waals surface area contributed by atoms with Crippen molar-refractivity contribution in [1.82, 2.24) is 0 Å². The topological polar surface area (TPSA) is 43.1 Å². The van der Waals surface area contributed by atoms with Gasteiger partial charge in [0, 0.05) is 16.8 Å². The number of carbonyl (C=O) groups excluding carboxylic acids is 1. The van der Waals surface area contributed by atoms with E-state index >= 15 is 0 Å². The lowest BCUT2D eigenvalue weighted by Gasteiger charge is -2.07. The highest BCUT2D eigenvalue weighted by molar-refractivity contribution is 6.12. The molecule has 106 valence electrons. The fourth-order valence-corrected chi connectivity index (χ4v) is 3.15. The molecular formula is C20H15NO. The molecule has 0 aliphatic heterocycles. The lowest BCUT2D eigenvalue weighted by molar-refractivity contribution is 0.103. The first-order chi connectivity index (χ1) is 10.7. The molecule has 2 N–H and O–H groups in total. The summed E-state index contributed by atoms with van der Waals surface area (Å²) in [6.07, 6.45) is 0.886. The maximum absolute atomic E-state index is 12.7. The van der Waals surface area contributed by atoms with Crippen molar-refractivity contribution in [2.75, 3.05) is 5.73 Å². The summed E-state index contributed by atoms with van der Waals surface area (Å²) in [6.45, 7) is 0. The van der Waals surface area contributed by atoms with Crippen LogP contribution in [0.1, 0.15) is 27.0 Å². The molecule has 0 saturated heterocycles. The third-order valence-corrected chi connectivity index (χ3v) is 4.26. The summed E-state index contributed by atoms with van der Waals surface area (Å²) < 4.78 is 0. The van der Waals surface area contributed by atoms with E-state index in [1.807, 2.05) is 30.3 Å². The summed E-state index contributed by atoms with van der Waals surface area (Å²) in [5.41, 5.74) is 12.7. The van der Waals surface area contributed by atoms with E-state index in [-0.39, 0.29) is 5.78 Å². The van der Waals surface area contributed by atoms with E-state index in [0.29, 0.717) is 16.8 Å². The lowest BCUT2D eigenvalue weighted by atomic mass is 9.97. The monoisotopic (exact) mass is 285 g/mol. The zero-order valence-electron chi connectivity index (χ0n) is 12.0. The van der Waals surface area contributed by atoms with Gasteiger partial charge < -0.3 is 5.73 Å². The summed E-state index contributed by atoms with van der Waals surface area (Å²) in [4.78, 5) is 12.7. The van der Waals surface area contributed by atoms with Crippen LogP contribution in [0.25, 0.3) is 11.1 Å². The van der Waals surface area contributed by atoms with Crippen LogP contribution >= 0.6 is 0 Å². The van der Waals surface area contributed by atoms with E-state index in [1.165, 1.54) is 22.3 Å². The van der Waals surface area contributed by atoms with Crippen molar-refractivity contribution in [3.05, 3.63) is 89.0 Å². The molecular weight excluding hydrogens is 270 g/mol. The minimum absolute atomic E-state index is 0.0168. The maximum Gasteiger partial charge on any atom is 0.195 e. The first-order valence-corrected chi connectivity index (χ1v) is 7.34. The molecule has 0 atom stereocenters. The van der Waals surface area contributed by atoms with E-state index in [4.69, 9.17) is 5.73 Å². The molecule has 0 heterocycles. The predicted molar refractivity (Wildman–Crippen MR) is 89.0 cm³/mol. The van der Waals surface area contributed by atoms with Crippen molar-refractivity contribution < 1.29 is 4.79 Å². The zero-order chi connectivity index (χ0) is 15.1. The molecule has 1 aliphatic carbocycles. The number of nitrogens with two attached hydrogens (primary N) is 1. The van der Waals surface area contributed by atoms with Crippen molar-refractivity contribution >= 4 is 11.5 Å². The molecule has 0 amide bonds. The van der Waals surface area contributed by atoms with Crippen molar-refractivity contribution in [2.24, 2.45) is 0 Å². The average molecular weight is 285 g/mol. The van der Waals surface area contributed by atoms with Crippen LogP contribution in [0.5, 0.6) is 0 Å². The Morgan fingerprint density at radius 2 is 1.55 bits per heavy atom. The minimum Gasteiger partial charge on any atom is -0.398 e. The molecule has 0 spiro atoms. The van der Waals surface area contributed by atoms with Crippen LogP contribution in [0.4, 0.5) is 5.69 Å². The summed E-state index contributed by atoms with van der Waals surface area (Å²) >= 11 is 0. The van der Waals surface area contributed by atoms with Gasteiger partial charge in [0.1, 0.15) is 0 Å². The van der Waals surface area contributed by atoms with Gasteiger partial charge in [-0.1, -0.05) is 48.5 Å². The van der Waals surface area contributed by atoms with E-state index in [9.17, 15) is 4.79 Å². The number of hydrogen-bond donors (Lipinski definition) is 1. The Kier molecular flexibility index (Phi) is 2.83. The van der Waals surface area contributed by atoms with Gasteiger partial charge in [0.25, 0.3) is 0 Å². The molecule has 2 nitrogen and oxygen atoms in total. The Hall–Kier alpha value is -2.87. The molecule has 3 aromatic rings. The molecule has 1 aliphatic rings. The SMILES string of the molecule is Nc1ccccc1C(=O)c1ccc2c(c1)Cc1ccccc1-2. The predicted octanol–water partition coefficient (Wildman–Crippen LogP) is 4.07. The third-order valence-electron chi connectivity index (χ3n) is 4.26. The number of nitrogen functional groups attached to an aromatic ring is 1. The number of rotatable bonds is 2. The molecule has 2 heteroatoms. The second-order valence-electron chi connectivity index (χ2n) is 5.62. The lowest BCUT2D eigenvalue weighted by Crippen LogP contribution is -2.05. The molecule has 0 saturated carbocycles. The van der Waals surface area contributed by atoms with Crippen molar-refractivity contribution in [1.29, 1.82) is 0 Å². The molecule has 3 aromatic carbocycles. The molecule has 0 bridgehead atoms. The molecule has 4 rings (SSSR count). The molecule has 0 fully saturated rings. The zero-order valence-corrected chi connectivity index (χ0v) is 12.0. The number of hydrogen-bond acceptors (Lipinski definition) is 2. The Balaban J connectivity index is 1.76. The van der Waals surface area contributed by atoms with Crippen LogP contribution < -0.4 is 5.73 Å².